The van der Waals surface area contributed by atoms with E-state index in [2.05, 4.69) is 36.0 Å². The third kappa shape index (κ3) is 4.41. The molecule has 8 heteroatoms. The second kappa shape index (κ2) is 7.12. The molecule has 0 atom stereocenters. The summed E-state index contributed by atoms with van der Waals surface area (Å²) in [4.78, 5) is 0. The molecule has 7 nitrogen and oxygen atoms in total. The summed E-state index contributed by atoms with van der Waals surface area (Å²) in [6.07, 6.45) is 4.96. The molecule has 142 valence electrons. The normalized spacial score (nSPS) is 19.5. The molecule has 1 saturated heterocycles. The number of hydrogen-bond acceptors (Lipinski definition) is 5. The average molecular weight is 389 g/mol. The molecule has 1 saturated carbocycles. The molecular weight excluding hydrogens is 368 g/mol. The molecule has 0 spiro atoms. The van der Waals surface area contributed by atoms with E-state index in [1.54, 1.807) is 16.9 Å². The van der Waals surface area contributed by atoms with Gasteiger partial charge in [0.05, 0.1) is 31.5 Å². The zero-order chi connectivity index (χ0) is 19.0. The summed E-state index contributed by atoms with van der Waals surface area (Å²) in [6, 6.07) is 1.69. The van der Waals surface area contributed by atoms with Gasteiger partial charge in [0.2, 0.25) is 0 Å². The Hall–Kier alpha value is -2.14. The molecule has 4 rings (SSSR count). The van der Waals surface area contributed by atoms with Crippen LogP contribution in [0.2, 0.25) is 5.02 Å². The van der Waals surface area contributed by atoms with Gasteiger partial charge in [-0.2, -0.15) is 4.73 Å². The van der Waals surface area contributed by atoms with Crippen LogP contribution in [0.3, 0.4) is 0 Å². The number of hydrogen-bond donors (Lipinski definition) is 0. The smallest absolute Gasteiger partial charge is 0.264 e. The summed E-state index contributed by atoms with van der Waals surface area (Å²) in [5.74, 6) is 6.58. The van der Waals surface area contributed by atoms with Gasteiger partial charge in [-0.3, -0.25) is 0 Å². The molecule has 0 N–H and O–H groups in total. The van der Waals surface area contributed by atoms with Crippen LogP contribution < -0.4 is 4.73 Å². The lowest BCUT2D eigenvalue weighted by Crippen LogP contribution is -2.39. The van der Waals surface area contributed by atoms with Crippen molar-refractivity contribution in [3.05, 3.63) is 34.3 Å². The van der Waals surface area contributed by atoms with Gasteiger partial charge in [-0.1, -0.05) is 42.5 Å². The van der Waals surface area contributed by atoms with E-state index in [-0.39, 0.29) is 17.4 Å². The monoisotopic (exact) mass is 388 g/mol. The Morgan fingerprint density at radius 2 is 2.11 bits per heavy atom. The lowest BCUT2D eigenvalue weighted by Gasteiger charge is -2.34. The molecule has 1 aliphatic heterocycles. The summed E-state index contributed by atoms with van der Waals surface area (Å²) >= 11 is 6.32. The standard InChI is InChI=1S/C19H21ClN4O3/c1-19(2)11-26-17(27-12-19)10-23-9-16(21-22-23)18-15(20)7-14(8-24(18)25)6-5-13-3-4-13/h7-9,13,17H,3-4,10-12H2,1-2H3. The van der Waals surface area contributed by atoms with E-state index >= 15 is 0 Å². The van der Waals surface area contributed by atoms with Crippen LogP contribution in [0.25, 0.3) is 11.4 Å². The Bertz CT molecular complexity index is 878. The minimum Gasteiger partial charge on any atom is -0.618 e. The van der Waals surface area contributed by atoms with Gasteiger partial charge in [-0.25, -0.2) is 4.68 Å². The van der Waals surface area contributed by atoms with Crippen LogP contribution in [-0.4, -0.2) is 34.5 Å². The number of rotatable bonds is 3. The van der Waals surface area contributed by atoms with Gasteiger partial charge in [0.1, 0.15) is 5.02 Å². The topological polar surface area (TPSA) is 76.1 Å². The molecule has 1 aliphatic carbocycles. The maximum atomic E-state index is 12.4. The Kier molecular flexibility index (Phi) is 4.81. The summed E-state index contributed by atoms with van der Waals surface area (Å²) in [6.45, 7) is 5.81. The highest BCUT2D eigenvalue weighted by Gasteiger charge is 2.29. The number of nitrogens with zero attached hydrogens (tertiary/aromatic N) is 4. The van der Waals surface area contributed by atoms with Crippen molar-refractivity contribution < 1.29 is 14.2 Å². The molecule has 0 amide bonds. The number of pyridine rings is 1. The predicted octanol–water partition coefficient (Wildman–Crippen LogP) is 2.39. The fourth-order valence-electron chi connectivity index (χ4n) is 2.74. The van der Waals surface area contributed by atoms with Crippen LogP contribution in [0.1, 0.15) is 32.3 Å². The molecule has 2 aromatic heterocycles. The van der Waals surface area contributed by atoms with Gasteiger partial charge >= 0.3 is 0 Å². The Morgan fingerprint density at radius 3 is 2.78 bits per heavy atom. The fourth-order valence-corrected chi connectivity index (χ4v) is 3.03. The lowest BCUT2D eigenvalue weighted by atomic mass is 9.96. The quantitative estimate of drug-likeness (QED) is 0.458. The second-order valence-electron chi connectivity index (χ2n) is 7.84. The second-order valence-corrected chi connectivity index (χ2v) is 8.24. The maximum Gasteiger partial charge on any atom is 0.264 e. The molecule has 27 heavy (non-hydrogen) atoms. The van der Waals surface area contributed by atoms with Crippen LogP contribution in [0.4, 0.5) is 0 Å². The van der Waals surface area contributed by atoms with E-state index in [0.717, 1.165) is 12.8 Å². The molecule has 3 heterocycles. The van der Waals surface area contributed by atoms with Crippen LogP contribution in [-0.2, 0) is 16.0 Å². The first kappa shape index (κ1) is 18.2. The van der Waals surface area contributed by atoms with Crippen LogP contribution in [0.15, 0.2) is 18.5 Å². The van der Waals surface area contributed by atoms with Gasteiger partial charge in [-0.15, -0.1) is 5.10 Å². The number of halogens is 1. The first-order valence-corrected chi connectivity index (χ1v) is 9.35. The number of aromatic nitrogens is 4. The average Bonchev–Trinajstić information content (AvgIpc) is 3.33. The predicted molar refractivity (Wildman–Crippen MR) is 98.5 cm³/mol. The molecule has 2 aliphatic rings. The van der Waals surface area contributed by atoms with Crippen LogP contribution in [0, 0.1) is 28.4 Å². The highest BCUT2D eigenvalue weighted by Crippen LogP contribution is 2.28. The maximum absolute atomic E-state index is 12.4. The minimum atomic E-state index is -0.387. The highest BCUT2D eigenvalue weighted by atomic mass is 35.5. The minimum absolute atomic E-state index is 0.00972. The number of ether oxygens (including phenoxy) is 2. The Morgan fingerprint density at radius 1 is 1.37 bits per heavy atom. The molecule has 2 fully saturated rings. The SMILES string of the molecule is CC1(C)COC(Cn2cc(-c3c(Cl)cc(C#CC4CC4)c[n+]3[O-])nn2)OC1. The lowest BCUT2D eigenvalue weighted by molar-refractivity contribution is -0.593. The van der Waals surface area contributed by atoms with Crippen molar-refractivity contribution in [2.24, 2.45) is 11.3 Å². The van der Waals surface area contributed by atoms with Crippen molar-refractivity contribution in [2.75, 3.05) is 13.2 Å². The van der Waals surface area contributed by atoms with E-state index in [0.29, 0.717) is 46.7 Å². The van der Waals surface area contributed by atoms with Crippen molar-refractivity contribution >= 4 is 11.6 Å². The van der Waals surface area contributed by atoms with Crippen molar-refractivity contribution in [3.63, 3.8) is 0 Å². The Labute approximate surface area is 162 Å². The zero-order valence-corrected chi connectivity index (χ0v) is 16.1. The van der Waals surface area contributed by atoms with E-state index in [4.69, 9.17) is 21.1 Å². The van der Waals surface area contributed by atoms with Gasteiger partial charge in [-0.05, 0) is 18.9 Å². The molecule has 0 unspecified atom stereocenters. The largest absolute Gasteiger partial charge is 0.618 e. The summed E-state index contributed by atoms with van der Waals surface area (Å²) in [7, 11) is 0. The van der Waals surface area contributed by atoms with E-state index < -0.39 is 0 Å². The van der Waals surface area contributed by atoms with Crippen LogP contribution >= 0.6 is 11.6 Å². The van der Waals surface area contributed by atoms with Gasteiger partial charge in [0.25, 0.3) is 5.69 Å². The Balaban J connectivity index is 1.49. The molecule has 2 aromatic rings. The van der Waals surface area contributed by atoms with Crippen LogP contribution in [0.5, 0.6) is 0 Å². The fraction of sp³-hybridized carbons (Fsp3) is 0.526. The van der Waals surface area contributed by atoms with E-state index in [9.17, 15) is 5.21 Å². The third-order valence-corrected chi connectivity index (χ3v) is 4.71. The van der Waals surface area contributed by atoms with Gasteiger partial charge < -0.3 is 14.7 Å². The summed E-state index contributed by atoms with van der Waals surface area (Å²) in [5, 5.41) is 20.9. The zero-order valence-electron chi connectivity index (χ0n) is 15.3. The van der Waals surface area contributed by atoms with Crippen molar-refractivity contribution in [3.8, 4) is 23.2 Å². The highest BCUT2D eigenvalue weighted by molar-refractivity contribution is 6.32. The van der Waals surface area contributed by atoms with E-state index in [1.165, 1.54) is 6.20 Å². The first-order valence-electron chi connectivity index (χ1n) is 8.98. The molecular formula is C19H21ClN4O3. The van der Waals surface area contributed by atoms with Gasteiger partial charge in [0.15, 0.2) is 18.2 Å². The molecule has 0 radical (unpaired) electrons. The summed E-state index contributed by atoms with van der Waals surface area (Å²) in [5.41, 5.74) is 1.26. The third-order valence-electron chi connectivity index (χ3n) is 4.42. The van der Waals surface area contributed by atoms with Crippen molar-refractivity contribution in [2.45, 2.75) is 39.5 Å². The molecule has 0 bridgehead atoms. The van der Waals surface area contributed by atoms with Crippen molar-refractivity contribution in [1.29, 1.82) is 0 Å². The summed E-state index contributed by atoms with van der Waals surface area (Å²) < 4.78 is 13.7. The van der Waals surface area contributed by atoms with E-state index in [1.807, 2.05) is 0 Å². The molecule has 0 aromatic carbocycles. The van der Waals surface area contributed by atoms with Crippen molar-refractivity contribution in [1.82, 2.24) is 15.0 Å². The van der Waals surface area contributed by atoms with Gasteiger partial charge in [0, 0.05) is 11.3 Å². The first-order chi connectivity index (χ1) is 12.9.